The van der Waals surface area contributed by atoms with Crippen LogP contribution in [-0.4, -0.2) is 9.78 Å². The Bertz CT molecular complexity index is 622. The number of nitrogens with zero attached hydrogens (tertiary/aromatic N) is 2. The topological polar surface area (TPSA) is 72.9 Å². The van der Waals surface area contributed by atoms with Gasteiger partial charge < -0.3 is 11.1 Å². The number of anilines is 1. The zero-order valence-corrected chi connectivity index (χ0v) is 12.1. The van der Waals surface area contributed by atoms with Crippen LogP contribution in [0.1, 0.15) is 11.1 Å². The summed E-state index contributed by atoms with van der Waals surface area (Å²) >= 11 is 3.28. The Kier molecular flexibility index (Phi) is 4.34. The van der Waals surface area contributed by atoms with E-state index in [0.717, 1.165) is 11.1 Å². The minimum Gasteiger partial charge on any atom is -0.379 e. The van der Waals surface area contributed by atoms with Crippen LogP contribution < -0.4 is 16.6 Å². The van der Waals surface area contributed by atoms with E-state index in [4.69, 9.17) is 5.73 Å². The van der Waals surface area contributed by atoms with Crippen molar-refractivity contribution in [2.24, 2.45) is 12.8 Å². The molecule has 1 heterocycles. The maximum absolute atomic E-state index is 11.7. The molecule has 0 unspecified atom stereocenters. The van der Waals surface area contributed by atoms with Gasteiger partial charge in [-0.25, -0.2) is 4.68 Å². The van der Waals surface area contributed by atoms with Gasteiger partial charge in [0.25, 0.3) is 5.56 Å². The predicted molar refractivity (Wildman–Crippen MR) is 78.8 cm³/mol. The second-order valence-corrected chi connectivity index (χ2v) is 4.97. The molecule has 0 aliphatic heterocycles. The van der Waals surface area contributed by atoms with Crippen LogP contribution in [0.3, 0.4) is 0 Å². The highest BCUT2D eigenvalue weighted by molar-refractivity contribution is 9.10. The van der Waals surface area contributed by atoms with E-state index in [1.165, 1.54) is 4.68 Å². The van der Waals surface area contributed by atoms with E-state index in [2.05, 4.69) is 26.3 Å². The number of benzene rings is 1. The van der Waals surface area contributed by atoms with Gasteiger partial charge in [-0.1, -0.05) is 24.3 Å². The lowest BCUT2D eigenvalue weighted by molar-refractivity contribution is 0.703. The first kappa shape index (κ1) is 13.8. The fourth-order valence-corrected chi connectivity index (χ4v) is 2.12. The number of aryl methyl sites for hydroxylation is 1. The molecule has 0 bridgehead atoms. The molecule has 5 nitrogen and oxygen atoms in total. The van der Waals surface area contributed by atoms with Gasteiger partial charge in [-0.05, 0) is 27.1 Å². The molecule has 3 N–H and O–H groups in total. The highest BCUT2D eigenvalue weighted by Gasteiger charge is 2.06. The Labute approximate surface area is 119 Å². The Morgan fingerprint density at radius 2 is 1.95 bits per heavy atom. The van der Waals surface area contributed by atoms with Crippen molar-refractivity contribution in [2.45, 2.75) is 13.1 Å². The standard InChI is InChI=1S/C13H15BrN4O/c1-18-13(19)12(14)11(8-17-18)16-7-10-4-2-9(6-15)3-5-10/h2-5,8,16H,6-7,15H2,1H3. The summed E-state index contributed by atoms with van der Waals surface area (Å²) < 4.78 is 1.77. The smallest absolute Gasteiger partial charge is 0.282 e. The monoisotopic (exact) mass is 322 g/mol. The van der Waals surface area contributed by atoms with Crippen LogP contribution in [0.5, 0.6) is 0 Å². The number of nitrogens with two attached hydrogens (primary N) is 1. The molecule has 0 amide bonds. The van der Waals surface area contributed by atoms with Gasteiger partial charge in [-0.15, -0.1) is 0 Å². The van der Waals surface area contributed by atoms with E-state index in [-0.39, 0.29) is 5.56 Å². The molecule has 0 atom stereocenters. The molecule has 0 spiro atoms. The summed E-state index contributed by atoms with van der Waals surface area (Å²) in [6.45, 7) is 1.16. The van der Waals surface area contributed by atoms with Crippen molar-refractivity contribution in [1.29, 1.82) is 0 Å². The third kappa shape index (κ3) is 3.21. The van der Waals surface area contributed by atoms with Crippen molar-refractivity contribution in [3.05, 3.63) is 56.4 Å². The fraction of sp³-hybridized carbons (Fsp3) is 0.231. The first-order valence-corrected chi connectivity index (χ1v) is 6.64. The van der Waals surface area contributed by atoms with Crippen LogP contribution in [0.15, 0.2) is 39.7 Å². The Morgan fingerprint density at radius 3 is 2.58 bits per heavy atom. The molecule has 0 aliphatic carbocycles. The summed E-state index contributed by atoms with van der Waals surface area (Å²) in [7, 11) is 1.61. The van der Waals surface area contributed by atoms with Crippen molar-refractivity contribution in [3.63, 3.8) is 0 Å². The Morgan fingerprint density at radius 1 is 1.32 bits per heavy atom. The molecular weight excluding hydrogens is 308 g/mol. The molecule has 6 heteroatoms. The molecule has 2 rings (SSSR count). The van der Waals surface area contributed by atoms with Gasteiger partial charge in [0.05, 0.1) is 11.9 Å². The summed E-state index contributed by atoms with van der Waals surface area (Å²) in [6.07, 6.45) is 1.62. The third-order valence-corrected chi connectivity index (χ3v) is 3.59. The van der Waals surface area contributed by atoms with Gasteiger partial charge in [0.15, 0.2) is 0 Å². The lowest BCUT2D eigenvalue weighted by Crippen LogP contribution is -2.21. The van der Waals surface area contributed by atoms with Gasteiger partial charge >= 0.3 is 0 Å². The van der Waals surface area contributed by atoms with Crippen molar-refractivity contribution < 1.29 is 0 Å². The average molecular weight is 323 g/mol. The Balaban J connectivity index is 2.10. The molecule has 2 aromatic rings. The van der Waals surface area contributed by atoms with E-state index in [1.54, 1.807) is 13.2 Å². The molecule has 0 saturated carbocycles. The van der Waals surface area contributed by atoms with Crippen molar-refractivity contribution in [3.8, 4) is 0 Å². The van der Waals surface area contributed by atoms with Crippen molar-refractivity contribution >= 4 is 21.6 Å². The molecule has 0 radical (unpaired) electrons. The molecule has 0 saturated heterocycles. The molecule has 0 fully saturated rings. The maximum Gasteiger partial charge on any atom is 0.282 e. The average Bonchev–Trinajstić information content (AvgIpc) is 2.45. The summed E-state index contributed by atoms with van der Waals surface area (Å²) in [5.41, 5.74) is 8.28. The lowest BCUT2D eigenvalue weighted by atomic mass is 10.1. The largest absolute Gasteiger partial charge is 0.379 e. The van der Waals surface area contributed by atoms with Crippen LogP contribution in [0.4, 0.5) is 5.69 Å². The number of hydrogen-bond acceptors (Lipinski definition) is 4. The van der Waals surface area contributed by atoms with Gasteiger partial charge in [0.1, 0.15) is 4.47 Å². The van der Waals surface area contributed by atoms with Crippen molar-refractivity contribution in [1.82, 2.24) is 9.78 Å². The van der Waals surface area contributed by atoms with Crippen LogP contribution in [-0.2, 0) is 20.1 Å². The SMILES string of the molecule is Cn1ncc(NCc2ccc(CN)cc2)c(Br)c1=O. The summed E-state index contributed by atoms with van der Waals surface area (Å²) in [5.74, 6) is 0. The second-order valence-electron chi connectivity index (χ2n) is 4.18. The normalized spacial score (nSPS) is 10.5. The summed E-state index contributed by atoms with van der Waals surface area (Å²) in [6, 6.07) is 8.01. The molecule has 1 aromatic carbocycles. The number of hydrogen-bond donors (Lipinski definition) is 2. The lowest BCUT2D eigenvalue weighted by Gasteiger charge is -2.09. The van der Waals surface area contributed by atoms with E-state index >= 15 is 0 Å². The molecule has 1 aromatic heterocycles. The zero-order valence-electron chi connectivity index (χ0n) is 10.6. The Hall–Kier alpha value is -1.66. The molecule has 19 heavy (non-hydrogen) atoms. The first-order valence-electron chi connectivity index (χ1n) is 5.85. The molecule has 0 aliphatic rings. The van der Waals surface area contributed by atoms with Gasteiger partial charge in [-0.2, -0.15) is 5.10 Å². The minimum absolute atomic E-state index is 0.163. The minimum atomic E-state index is -0.163. The van der Waals surface area contributed by atoms with E-state index in [1.807, 2.05) is 24.3 Å². The van der Waals surface area contributed by atoms with Crippen LogP contribution in [0.2, 0.25) is 0 Å². The second kappa shape index (κ2) is 5.99. The maximum atomic E-state index is 11.7. The zero-order chi connectivity index (χ0) is 13.8. The summed E-state index contributed by atoms with van der Waals surface area (Å²) in [5, 5.41) is 7.16. The van der Waals surface area contributed by atoms with Crippen LogP contribution in [0.25, 0.3) is 0 Å². The van der Waals surface area contributed by atoms with Gasteiger partial charge in [0, 0.05) is 20.1 Å². The number of rotatable bonds is 4. The van der Waals surface area contributed by atoms with Gasteiger partial charge in [-0.3, -0.25) is 4.79 Å². The van der Waals surface area contributed by atoms with Gasteiger partial charge in [0.2, 0.25) is 0 Å². The van der Waals surface area contributed by atoms with Crippen LogP contribution in [0, 0.1) is 0 Å². The quantitative estimate of drug-likeness (QED) is 0.897. The van der Waals surface area contributed by atoms with E-state index < -0.39 is 0 Å². The number of nitrogens with one attached hydrogen (secondary N) is 1. The van der Waals surface area contributed by atoms with E-state index in [0.29, 0.717) is 23.2 Å². The molecular formula is C13H15BrN4O. The number of aromatic nitrogens is 2. The van der Waals surface area contributed by atoms with E-state index in [9.17, 15) is 4.79 Å². The fourth-order valence-electron chi connectivity index (χ4n) is 1.62. The molecule has 100 valence electrons. The summed E-state index contributed by atoms with van der Waals surface area (Å²) in [4.78, 5) is 11.7. The predicted octanol–water partition coefficient (Wildman–Crippen LogP) is 1.61. The highest BCUT2D eigenvalue weighted by atomic mass is 79.9. The first-order chi connectivity index (χ1) is 9.11. The highest BCUT2D eigenvalue weighted by Crippen LogP contribution is 2.17. The van der Waals surface area contributed by atoms with Crippen molar-refractivity contribution in [2.75, 3.05) is 5.32 Å². The number of halogens is 1. The van der Waals surface area contributed by atoms with Crippen LogP contribution >= 0.6 is 15.9 Å². The third-order valence-electron chi connectivity index (χ3n) is 2.82.